The van der Waals surface area contributed by atoms with Crippen LogP contribution in [-0.4, -0.2) is 37.2 Å². The average Bonchev–Trinajstić information content (AvgIpc) is 3.28. The Bertz CT molecular complexity index is 1330. The van der Waals surface area contributed by atoms with Gasteiger partial charge in [0.05, 0.1) is 0 Å². The van der Waals surface area contributed by atoms with E-state index in [1.54, 1.807) is 0 Å². The third-order valence-corrected chi connectivity index (χ3v) is 10.3. The predicted octanol–water partition coefficient (Wildman–Crippen LogP) is 16.8. The molecule has 0 aliphatic carbocycles. The molecule has 0 aliphatic rings. The van der Waals surface area contributed by atoms with Crippen LogP contribution in [0.5, 0.6) is 0 Å². The molecule has 6 nitrogen and oxygen atoms in total. The third-order valence-electron chi connectivity index (χ3n) is 10.3. The minimum atomic E-state index is -0.829. The fraction of sp³-hybridized carbons (Fsp3) is 0.632. The van der Waals surface area contributed by atoms with Gasteiger partial charge < -0.3 is 14.2 Å². The highest BCUT2D eigenvalue weighted by atomic mass is 16.6. The Morgan fingerprint density at radius 3 is 1.03 bits per heavy atom. The van der Waals surface area contributed by atoms with Crippen molar-refractivity contribution in [2.75, 3.05) is 13.2 Å². The molecule has 0 amide bonds. The molecule has 0 bridgehead atoms. The molecular formula is C57H92O6. The Hall–Kier alpha value is -3.93. The fourth-order valence-electron chi connectivity index (χ4n) is 6.47. The maximum absolute atomic E-state index is 12.8. The number of hydrogen-bond donors (Lipinski definition) is 0. The second kappa shape index (κ2) is 50.7. The van der Waals surface area contributed by atoms with E-state index < -0.39 is 6.10 Å². The van der Waals surface area contributed by atoms with Crippen molar-refractivity contribution in [1.29, 1.82) is 0 Å². The van der Waals surface area contributed by atoms with Gasteiger partial charge in [0.2, 0.25) is 0 Å². The van der Waals surface area contributed by atoms with E-state index in [9.17, 15) is 14.4 Å². The minimum absolute atomic E-state index is 0.118. The topological polar surface area (TPSA) is 78.9 Å². The number of esters is 3. The van der Waals surface area contributed by atoms with Crippen LogP contribution in [0.4, 0.5) is 0 Å². The Balaban J connectivity index is 4.57. The highest BCUT2D eigenvalue weighted by Gasteiger charge is 2.19. The first-order valence-electron chi connectivity index (χ1n) is 25.4. The second-order valence-corrected chi connectivity index (χ2v) is 16.3. The molecule has 0 rings (SSSR count). The number of carbonyl (C=O) groups excluding carboxylic acids is 3. The smallest absolute Gasteiger partial charge is 0.306 e. The normalized spacial score (nSPS) is 13.0. The Labute approximate surface area is 387 Å². The third kappa shape index (κ3) is 49.0. The molecule has 0 heterocycles. The van der Waals surface area contributed by atoms with Gasteiger partial charge in [0.1, 0.15) is 13.2 Å². The summed E-state index contributed by atoms with van der Waals surface area (Å²) in [5.74, 6) is -1.04. The van der Waals surface area contributed by atoms with Crippen molar-refractivity contribution in [3.05, 3.63) is 109 Å². The highest BCUT2D eigenvalue weighted by Crippen LogP contribution is 2.13. The second-order valence-electron chi connectivity index (χ2n) is 16.3. The molecule has 0 unspecified atom stereocenters. The van der Waals surface area contributed by atoms with Gasteiger partial charge in [-0.1, -0.05) is 207 Å². The van der Waals surface area contributed by atoms with Crippen LogP contribution in [0.3, 0.4) is 0 Å². The summed E-state index contributed by atoms with van der Waals surface area (Å²) in [4.78, 5) is 37.9. The molecule has 0 N–H and O–H groups in total. The number of carbonyl (C=O) groups is 3. The van der Waals surface area contributed by atoms with Crippen molar-refractivity contribution in [3.63, 3.8) is 0 Å². The van der Waals surface area contributed by atoms with Gasteiger partial charge in [-0.3, -0.25) is 14.4 Å². The SMILES string of the molecule is CC/C=C\C/C=C\C/C=C\C/C=C\C/C=C\CCCC(=O)O[C@H](COC(=O)CCC/C=C\C/C=C\C/C=C\C/C=C\CCCCC)COC(=O)CCCCCCCCCCCCC. The molecule has 0 aromatic heterocycles. The molecule has 0 aliphatic heterocycles. The van der Waals surface area contributed by atoms with Gasteiger partial charge in [-0.2, -0.15) is 0 Å². The van der Waals surface area contributed by atoms with Crippen LogP contribution < -0.4 is 0 Å². The largest absolute Gasteiger partial charge is 0.462 e. The Kier molecular flexibility index (Phi) is 47.5. The summed E-state index contributed by atoms with van der Waals surface area (Å²) in [5.41, 5.74) is 0. The summed E-state index contributed by atoms with van der Waals surface area (Å²) in [7, 11) is 0. The first-order valence-corrected chi connectivity index (χ1v) is 25.4. The maximum atomic E-state index is 12.8. The van der Waals surface area contributed by atoms with E-state index in [1.807, 2.05) is 0 Å². The quantitative estimate of drug-likeness (QED) is 0.0263. The maximum Gasteiger partial charge on any atom is 0.306 e. The fourth-order valence-corrected chi connectivity index (χ4v) is 6.47. The van der Waals surface area contributed by atoms with E-state index in [4.69, 9.17) is 14.2 Å². The van der Waals surface area contributed by atoms with Gasteiger partial charge in [-0.05, 0) is 96.3 Å². The van der Waals surface area contributed by atoms with Gasteiger partial charge in [-0.25, -0.2) is 0 Å². The summed E-state index contributed by atoms with van der Waals surface area (Å²) in [6.45, 7) is 6.38. The zero-order valence-corrected chi connectivity index (χ0v) is 40.5. The van der Waals surface area contributed by atoms with Gasteiger partial charge in [0.15, 0.2) is 6.10 Å². The molecule has 0 saturated carbocycles. The van der Waals surface area contributed by atoms with Crippen LogP contribution >= 0.6 is 0 Å². The van der Waals surface area contributed by atoms with Gasteiger partial charge in [0, 0.05) is 19.3 Å². The number of ether oxygens (including phenoxy) is 3. The minimum Gasteiger partial charge on any atom is -0.462 e. The van der Waals surface area contributed by atoms with Crippen LogP contribution in [0.1, 0.15) is 213 Å². The molecule has 0 aromatic carbocycles. The van der Waals surface area contributed by atoms with Crippen molar-refractivity contribution in [1.82, 2.24) is 0 Å². The van der Waals surface area contributed by atoms with Crippen molar-refractivity contribution in [2.45, 2.75) is 219 Å². The van der Waals surface area contributed by atoms with Crippen molar-refractivity contribution < 1.29 is 28.6 Å². The summed E-state index contributed by atoms with van der Waals surface area (Å²) in [6, 6.07) is 0. The summed E-state index contributed by atoms with van der Waals surface area (Å²) >= 11 is 0. The average molecular weight is 873 g/mol. The van der Waals surface area contributed by atoms with E-state index in [-0.39, 0.29) is 44.0 Å². The van der Waals surface area contributed by atoms with Gasteiger partial charge >= 0.3 is 17.9 Å². The van der Waals surface area contributed by atoms with Gasteiger partial charge in [-0.15, -0.1) is 0 Å². The molecule has 6 heteroatoms. The molecule has 0 radical (unpaired) electrons. The lowest BCUT2D eigenvalue weighted by molar-refractivity contribution is -0.167. The zero-order valence-electron chi connectivity index (χ0n) is 40.5. The number of allylic oxidation sites excluding steroid dienone is 18. The summed E-state index contributed by atoms with van der Waals surface area (Å²) < 4.78 is 16.7. The first-order chi connectivity index (χ1) is 31.0. The standard InChI is InChI=1S/C57H92O6/c1-4-7-10-13-16-19-22-24-26-28-30-32-35-38-41-44-47-50-56(59)62-53-54(52-61-55(58)49-46-43-40-37-34-21-18-15-12-9-6-3)63-57(60)51-48-45-42-39-36-33-31-29-27-25-23-20-17-14-11-8-5-2/h8,11,16-17,19-20,24-27,30-33,38-39,41-42,54H,4-7,9-10,12-15,18,21-23,28-29,34-37,40,43-53H2,1-3H3/b11-8-,19-16-,20-17-,26-24-,27-25-,32-30-,33-31-,41-38-,42-39-/t54-/m0/s1. The Morgan fingerprint density at radius 2 is 0.635 bits per heavy atom. The molecule has 0 saturated heterocycles. The van der Waals surface area contributed by atoms with Crippen molar-refractivity contribution >= 4 is 17.9 Å². The van der Waals surface area contributed by atoms with Crippen molar-refractivity contribution in [2.24, 2.45) is 0 Å². The lowest BCUT2D eigenvalue weighted by Gasteiger charge is -2.18. The lowest BCUT2D eigenvalue weighted by atomic mass is 10.1. The molecule has 0 fully saturated rings. The molecular weight excluding hydrogens is 781 g/mol. The summed E-state index contributed by atoms with van der Waals surface area (Å²) in [5, 5.41) is 0. The molecule has 0 spiro atoms. The van der Waals surface area contributed by atoms with E-state index in [0.717, 1.165) is 83.5 Å². The van der Waals surface area contributed by atoms with E-state index >= 15 is 0 Å². The van der Waals surface area contributed by atoms with Crippen LogP contribution in [0.2, 0.25) is 0 Å². The molecule has 356 valence electrons. The zero-order chi connectivity index (χ0) is 45.8. The van der Waals surface area contributed by atoms with E-state index in [2.05, 4.69) is 130 Å². The van der Waals surface area contributed by atoms with E-state index in [1.165, 1.54) is 77.0 Å². The van der Waals surface area contributed by atoms with Crippen LogP contribution in [-0.2, 0) is 28.6 Å². The number of hydrogen-bond acceptors (Lipinski definition) is 6. The number of unbranched alkanes of at least 4 members (excludes halogenated alkanes) is 15. The lowest BCUT2D eigenvalue weighted by Crippen LogP contribution is -2.30. The van der Waals surface area contributed by atoms with E-state index in [0.29, 0.717) is 19.3 Å². The molecule has 63 heavy (non-hydrogen) atoms. The van der Waals surface area contributed by atoms with Crippen LogP contribution in [0.15, 0.2) is 109 Å². The molecule has 0 aromatic rings. The van der Waals surface area contributed by atoms with Crippen LogP contribution in [0, 0.1) is 0 Å². The summed E-state index contributed by atoms with van der Waals surface area (Å²) in [6.07, 6.45) is 67.9. The first kappa shape index (κ1) is 59.1. The van der Waals surface area contributed by atoms with Crippen LogP contribution in [0.25, 0.3) is 0 Å². The Morgan fingerprint density at radius 1 is 0.333 bits per heavy atom. The highest BCUT2D eigenvalue weighted by molar-refractivity contribution is 5.71. The number of rotatable bonds is 44. The molecule has 1 atom stereocenters. The monoisotopic (exact) mass is 873 g/mol. The van der Waals surface area contributed by atoms with Gasteiger partial charge in [0.25, 0.3) is 0 Å². The van der Waals surface area contributed by atoms with Crippen molar-refractivity contribution in [3.8, 4) is 0 Å². The predicted molar refractivity (Wildman–Crippen MR) is 270 cm³/mol.